The maximum Gasteiger partial charge on any atom is 0.00479 e. The summed E-state index contributed by atoms with van der Waals surface area (Å²) in [4.78, 5) is 5.16. The highest BCUT2D eigenvalue weighted by Crippen LogP contribution is 2.44. The van der Waals surface area contributed by atoms with Crippen LogP contribution in [0, 0.1) is 10.8 Å². The van der Waals surface area contributed by atoms with Gasteiger partial charge in [-0.3, -0.25) is 0 Å². The van der Waals surface area contributed by atoms with E-state index in [0.29, 0.717) is 10.8 Å². The standard InChI is InChI=1S/C12H24N2/c1-5-14-9-11(2)6-12(3,10-14)8-13(4)7-11/h5-10H2,1-4H3. The average molecular weight is 196 g/mol. The Morgan fingerprint density at radius 3 is 1.93 bits per heavy atom. The Kier molecular flexibility index (Phi) is 2.39. The first-order valence-corrected chi connectivity index (χ1v) is 5.86. The van der Waals surface area contributed by atoms with Crippen molar-refractivity contribution < 1.29 is 0 Å². The molecule has 0 aromatic heterocycles. The zero-order valence-electron chi connectivity index (χ0n) is 10.1. The lowest BCUT2D eigenvalue weighted by atomic mass is 9.66. The summed E-state index contributed by atoms with van der Waals surface area (Å²) in [7, 11) is 2.28. The SMILES string of the molecule is CCN1CC2(C)CN(C)CC(C)(C1)C2. The Morgan fingerprint density at radius 1 is 1.00 bits per heavy atom. The fourth-order valence-corrected chi connectivity index (χ4v) is 4.07. The van der Waals surface area contributed by atoms with E-state index in [9.17, 15) is 0 Å². The van der Waals surface area contributed by atoms with Gasteiger partial charge >= 0.3 is 0 Å². The van der Waals surface area contributed by atoms with E-state index in [-0.39, 0.29) is 0 Å². The minimum absolute atomic E-state index is 0.538. The first kappa shape index (κ1) is 10.4. The summed E-state index contributed by atoms with van der Waals surface area (Å²) in [5.41, 5.74) is 1.08. The van der Waals surface area contributed by atoms with Gasteiger partial charge in [0.25, 0.3) is 0 Å². The Balaban J connectivity index is 2.18. The first-order chi connectivity index (χ1) is 6.45. The number of nitrogens with zero attached hydrogens (tertiary/aromatic N) is 2. The van der Waals surface area contributed by atoms with Crippen LogP contribution >= 0.6 is 0 Å². The van der Waals surface area contributed by atoms with Gasteiger partial charge in [-0.1, -0.05) is 20.8 Å². The third-order valence-electron chi connectivity index (χ3n) is 3.81. The molecule has 2 saturated heterocycles. The Labute approximate surface area is 88.3 Å². The molecule has 0 radical (unpaired) electrons. The maximum absolute atomic E-state index is 2.64. The molecule has 2 heteroatoms. The van der Waals surface area contributed by atoms with Crippen molar-refractivity contribution in [1.82, 2.24) is 9.80 Å². The molecule has 0 saturated carbocycles. The normalized spacial score (nSPS) is 45.4. The van der Waals surface area contributed by atoms with E-state index in [1.807, 2.05) is 0 Å². The van der Waals surface area contributed by atoms with E-state index in [1.165, 1.54) is 39.1 Å². The van der Waals surface area contributed by atoms with Gasteiger partial charge in [0, 0.05) is 26.2 Å². The molecule has 0 aliphatic carbocycles. The topological polar surface area (TPSA) is 6.48 Å². The van der Waals surface area contributed by atoms with E-state index < -0.39 is 0 Å². The van der Waals surface area contributed by atoms with Gasteiger partial charge in [0.2, 0.25) is 0 Å². The van der Waals surface area contributed by atoms with Crippen molar-refractivity contribution in [3.63, 3.8) is 0 Å². The minimum Gasteiger partial charge on any atom is -0.305 e. The van der Waals surface area contributed by atoms with Crippen LogP contribution < -0.4 is 0 Å². The van der Waals surface area contributed by atoms with Gasteiger partial charge in [0.05, 0.1) is 0 Å². The van der Waals surface area contributed by atoms with Crippen LogP contribution in [0.4, 0.5) is 0 Å². The van der Waals surface area contributed by atoms with Crippen LogP contribution in [0.15, 0.2) is 0 Å². The molecule has 2 aliphatic heterocycles. The van der Waals surface area contributed by atoms with Gasteiger partial charge in [0.15, 0.2) is 0 Å². The highest BCUT2D eigenvalue weighted by Gasteiger charge is 2.46. The van der Waals surface area contributed by atoms with Crippen molar-refractivity contribution in [3.05, 3.63) is 0 Å². The van der Waals surface area contributed by atoms with Crippen molar-refractivity contribution in [2.45, 2.75) is 27.2 Å². The zero-order valence-corrected chi connectivity index (χ0v) is 10.1. The van der Waals surface area contributed by atoms with E-state index in [2.05, 4.69) is 37.6 Å². The molecule has 2 atom stereocenters. The van der Waals surface area contributed by atoms with E-state index in [4.69, 9.17) is 0 Å². The Hall–Kier alpha value is -0.0800. The maximum atomic E-state index is 2.64. The second kappa shape index (κ2) is 3.21. The molecule has 0 aromatic carbocycles. The molecular weight excluding hydrogens is 172 g/mol. The second-order valence-corrected chi connectivity index (χ2v) is 6.27. The smallest absolute Gasteiger partial charge is 0.00479 e. The number of likely N-dealkylation sites (tertiary alicyclic amines) is 2. The van der Waals surface area contributed by atoms with Crippen molar-refractivity contribution in [2.75, 3.05) is 39.8 Å². The average Bonchev–Trinajstić information content (AvgIpc) is 1.97. The molecule has 2 rings (SSSR count). The third kappa shape index (κ3) is 1.82. The molecule has 0 spiro atoms. The number of hydrogen-bond donors (Lipinski definition) is 0. The lowest BCUT2D eigenvalue weighted by Crippen LogP contribution is -2.61. The monoisotopic (exact) mass is 196 g/mol. The second-order valence-electron chi connectivity index (χ2n) is 6.27. The highest BCUT2D eigenvalue weighted by atomic mass is 15.2. The van der Waals surface area contributed by atoms with Crippen molar-refractivity contribution in [1.29, 1.82) is 0 Å². The number of fused-ring (bicyclic) bond motifs is 2. The van der Waals surface area contributed by atoms with Crippen molar-refractivity contribution in [3.8, 4) is 0 Å². The largest absolute Gasteiger partial charge is 0.305 e. The molecule has 0 N–H and O–H groups in total. The predicted molar refractivity (Wildman–Crippen MR) is 60.4 cm³/mol. The summed E-state index contributed by atoms with van der Waals surface area (Å²) < 4.78 is 0. The first-order valence-electron chi connectivity index (χ1n) is 5.86. The lowest BCUT2D eigenvalue weighted by molar-refractivity contribution is -0.0639. The summed E-state index contributed by atoms with van der Waals surface area (Å²) in [6.07, 6.45) is 1.42. The summed E-state index contributed by atoms with van der Waals surface area (Å²) in [5.74, 6) is 0. The molecule has 14 heavy (non-hydrogen) atoms. The zero-order chi connectivity index (χ0) is 10.4. The molecule has 2 bridgehead atoms. The van der Waals surface area contributed by atoms with Gasteiger partial charge in [-0.25, -0.2) is 0 Å². The summed E-state index contributed by atoms with van der Waals surface area (Å²) in [5, 5.41) is 0. The molecular formula is C12H24N2. The molecule has 2 nitrogen and oxygen atoms in total. The van der Waals surface area contributed by atoms with Crippen LogP contribution in [-0.4, -0.2) is 49.6 Å². The van der Waals surface area contributed by atoms with Gasteiger partial charge in [-0.2, -0.15) is 0 Å². The molecule has 2 heterocycles. The van der Waals surface area contributed by atoms with Crippen LogP contribution in [0.3, 0.4) is 0 Å². The number of rotatable bonds is 1. The lowest BCUT2D eigenvalue weighted by Gasteiger charge is -2.56. The Morgan fingerprint density at radius 2 is 1.50 bits per heavy atom. The number of hydrogen-bond acceptors (Lipinski definition) is 2. The van der Waals surface area contributed by atoms with Crippen LogP contribution in [0.25, 0.3) is 0 Å². The molecule has 2 unspecified atom stereocenters. The van der Waals surface area contributed by atoms with E-state index in [0.717, 1.165) is 0 Å². The van der Waals surface area contributed by atoms with E-state index >= 15 is 0 Å². The van der Waals surface area contributed by atoms with Crippen LogP contribution in [0.2, 0.25) is 0 Å². The van der Waals surface area contributed by atoms with Crippen molar-refractivity contribution >= 4 is 0 Å². The summed E-state index contributed by atoms with van der Waals surface area (Å²) in [6.45, 7) is 13.6. The fraction of sp³-hybridized carbons (Fsp3) is 1.00. The molecule has 2 fully saturated rings. The number of piperidine rings is 2. The predicted octanol–water partition coefficient (Wildman–Crippen LogP) is 1.67. The molecule has 0 aromatic rings. The van der Waals surface area contributed by atoms with E-state index in [1.54, 1.807) is 0 Å². The van der Waals surface area contributed by atoms with Crippen molar-refractivity contribution in [2.24, 2.45) is 10.8 Å². The third-order valence-corrected chi connectivity index (χ3v) is 3.81. The van der Waals surface area contributed by atoms with Crippen LogP contribution in [0.1, 0.15) is 27.2 Å². The van der Waals surface area contributed by atoms with Gasteiger partial charge < -0.3 is 9.80 Å². The summed E-state index contributed by atoms with van der Waals surface area (Å²) in [6, 6.07) is 0. The summed E-state index contributed by atoms with van der Waals surface area (Å²) >= 11 is 0. The van der Waals surface area contributed by atoms with Gasteiger partial charge in [0.1, 0.15) is 0 Å². The Bertz CT molecular complexity index is 208. The fourth-order valence-electron chi connectivity index (χ4n) is 4.07. The molecule has 0 amide bonds. The van der Waals surface area contributed by atoms with Gasteiger partial charge in [-0.05, 0) is 30.8 Å². The molecule has 82 valence electrons. The quantitative estimate of drug-likeness (QED) is 0.629. The van der Waals surface area contributed by atoms with Crippen LogP contribution in [0.5, 0.6) is 0 Å². The highest BCUT2D eigenvalue weighted by molar-refractivity contribution is 5.00. The minimum atomic E-state index is 0.538. The molecule has 2 aliphatic rings. The van der Waals surface area contributed by atoms with Crippen LogP contribution in [-0.2, 0) is 0 Å². The van der Waals surface area contributed by atoms with Gasteiger partial charge in [-0.15, -0.1) is 0 Å².